The van der Waals surface area contributed by atoms with Gasteiger partial charge in [0, 0.05) is 40.5 Å². The minimum Gasteiger partial charge on any atom is -0.508 e. The molecule has 0 bridgehead atoms. The molecule has 5 nitrogen and oxygen atoms in total. The minimum absolute atomic E-state index is 0.0314. The number of aryl methyl sites for hydroxylation is 1. The van der Waals surface area contributed by atoms with Crippen LogP contribution in [0.5, 0.6) is 28.7 Å². The van der Waals surface area contributed by atoms with Crippen molar-refractivity contribution in [3.63, 3.8) is 0 Å². The Kier molecular flexibility index (Phi) is 5.52. The van der Waals surface area contributed by atoms with E-state index in [1.807, 2.05) is 25.1 Å². The highest BCUT2D eigenvalue weighted by molar-refractivity contribution is 14.1. The highest BCUT2D eigenvalue weighted by Crippen LogP contribution is 2.51. The van der Waals surface area contributed by atoms with Gasteiger partial charge in [0.05, 0.1) is 14.2 Å². The molecule has 0 unspecified atom stereocenters. The standard InChI is InChI=1S/C23H18I2O5/c1-10-4-18(29-2)22(20-13(10)7-12(26)8-17(20)28)23-19(30-3)9-15(25)14-5-11(24)6-16(27)21(14)23/h4-9,26-28H,1-3H3. The van der Waals surface area contributed by atoms with Gasteiger partial charge < -0.3 is 24.8 Å². The highest BCUT2D eigenvalue weighted by atomic mass is 127. The van der Waals surface area contributed by atoms with E-state index in [1.165, 1.54) is 6.07 Å². The van der Waals surface area contributed by atoms with E-state index in [4.69, 9.17) is 9.47 Å². The summed E-state index contributed by atoms with van der Waals surface area (Å²) in [6, 6.07) is 10.3. The van der Waals surface area contributed by atoms with E-state index in [0.29, 0.717) is 38.8 Å². The first kappa shape index (κ1) is 21.1. The number of benzene rings is 4. The molecule has 0 fully saturated rings. The molecule has 4 aromatic rings. The normalized spacial score (nSPS) is 11.2. The summed E-state index contributed by atoms with van der Waals surface area (Å²) in [6.45, 7) is 1.89. The summed E-state index contributed by atoms with van der Waals surface area (Å²) in [5.41, 5.74) is 2.04. The summed E-state index contributed by atoms with van der Waals surface area (Å²) in [7, 11) is 3.13. The number of hydrogen-bond donors (Lipinski definition) is 3. The van der Waals surface area contributed by atoms with Crippen LogP contribution in [0.4, 0.5) is 0 Å². The Hall–Kier alpha value is -2.14. The van der Waals surface area contributed by atoms with Gasteiger partial charge in [-0.15, -0.1) is 0 Å². The van der Waals surface area contributed by atoms with E-state index >= 15 is 0 Å². The first-order valence-corrected chi connectivity index (χ1v) is 11.1. The van der Waals surface area contributed by atoms with Crippen molar-refractivity contribution < 1.29 is 24.8 Å². The van der Waals surface area contributed by atoms with Gasteiger partial charge in [0.15, 0.2) is 0 Å². The van der Waals surface area contributed by atoms with Gasteiger partial charge in [0.1, 0.15) is 28.7 Å². The quantitative estimate of drug-likeness (QED) is 0.232. The maximum Gasteiger partial charge on any atom is 0.128 e. The molecule has 0 aliphatic heterocycles. The molecule has 0 amide bonds. The Morgan fingerprint density at radius 2 is 1.27 bits per heavy atom. The van der Waals surface area contributed by atoms with E-state index in [0.717, 1.165) is 18.1 Å². The number of methoxy groups -OCH3 is 2. The number of fused-ring (bicyclic) bond motifs is 2. The number of phenols is 3. The van der Waals surface area contributed by atoms with Crippen LogP contribution in [0.3, 0.4) is 0 Å². The predicted octanol–water partition coefficient (Wildman–Crippen LogP) is 6.31. The van der Waals surface area contributed by atoms with Crippen molar-refractivity contribution in [2.24, 2.45) is 0 Å². The van der Waals surface area contributed by atoms with E-state index in [-0.39, 0.29) is 17.2 Å². The van der Waals surface area contributed by atoms with Crippen LogP contribution in [0.25, 0.3) is 32.7 Å². The summed E-state index contributed by atoms with van der Waals surface area (Å²) >= 11 is 4.39. The lowest BCUT2D eigenvalue weighted by atomic mass is 9.89. The molecule has 0 radical (unpaired) electrons. The van der Waals surface area contributed by atoms with Crippen molar-refractivity contribution in [2.45, 2.75) is 6.92 Å². The summed E-state index contributed by atoms with van der Waals surface area (Å²) < 4.78 is 13.2. The third kappa shape index (κ3) is 3.27. The average molecular weight is 628 g/mol. The number of ether oxygens (including phenoxy) is 2. The zero-order chi connectivity index (χ0) is 21.7. The zero-order valence-corrected chi connectivity index (χ0v) is 20.7. The van der Waals surface area contributed by atoms with Crippen LogP contribution >= 0.6 is 45.2 Å². The van der Waals surface area contributed by atoms with Crippen molar-refractivity contribution in [3.8, 4) is 39.9 Å². The monoisotopic (exact) mass is 628 g/mol. The van der Waals surface area contributed by atoms with Crippen LogP contribution in [0.15, 0.2) is 36.4 Å². The van der Waals surface area contributed by atoms with Crippen molar-refractivity contribution in [3.05, 3.63) is 49.1 Å². The Balaban J connectivity index is 2.32. The van der Waals surface area contributed by atoms with Crippen LogP contribution in [-0.2, 0) is 0 Å². The molecule has 30 heavy (non-hydrogen) atoms. The average Bonchev–Trinajstić information content (AvgIpc) is 2.68. The summed E-state index contributed by atoms with van der Waals surface area (Å²) in [5.74, 6) is 1.06. The summed E-state index contributed by atoms with van der Waals surface area (Å²) in [4.78, 5) is 0. The molecule has 4 aromatic carbocycles. The lowest BCUT2D eigenvalue weighted by molar-refractivity contribution is 0.410. The van der Waals surface area contributed by atoms with Crippen molar-refractivity contribution >= 4 is 66.7 Å². The van der Waals surface area contributed by atoms with Gasteiger partial charge in [0.2, 0.25) is 0 Å². The Bertz CT molecular complexity index is 1230. The van der Waals surface area contributed by atoms with Crippen molar-refractivity contribution in [1.82, 2.24) is 0 Å². The summed E-state index contributed by atoms with van der Waals surface area (Å²) in [6.07, 6.45) is 0. The molecule has 0 aliphatic carbocycles. The maximum atomic E-state index is 10.9. The largest absolute Gasteiger partial charge is 0.508 e. The zero-order valence-electron chi connectivity index (χ0n) is 16.4. The second kappa shape index (κ2) is 7.84. The molecule has 0 aliphatic rings. The van der Waals surface area contributed by atoms with Crippen molar-refractivity contribution in [2.75, 3.05) is 14.2 Å². The van der Waals surface area contributed by atoms with E-state index in [1.54, 1.807) is 26.4 Å². The number of halogens is 2. The lowest BCUT2D eigenvalue weighted by Crippen LogP contribution is -1.98. The van der Waals surface area contributed by atoms with Crippen LogP contribution < -0.4 is 9.47 Å². The van der Waals surface area contributed by atoms with Crippen LogP contribution in [0, 0.1) is 14.1 Å². The Morgan fingerprint density at radius 1 is 0.700 bits per heavy atom. The van der Waals surface area contributed by atoms with Crippen LogP contribution in [0.1, 0.15) is 5.56 Å². The molecule has 3 N–H and O–H groups in total. The van der Waals surface area contributed by atoms with Crippen LogP contribution in [0.2, 0.25) is 0 Å². The number of aromatic hydroxyl groups is 3. The van der Waals surface area contributed by atoms with Gasteiger partial charge in [-0.1, -0.05) is 0 Å². The fourth-order valence-electron chi connectivity index (χ4n) is 3.91. The first-order chi connectivity index (χ1) is 14.3. The van der Waals surface area contributed by atoms with Crippen LogP contribution in [-0.4, -0.2) is 29.5 Å². The lowest BCUT2D eigenvalue weighted by Gasteiger charge is -2.21. The molecule has 7 heteroatoms. The minimum atomic E-state index is -0.0826. The number of hydrogen-bond acceptors (Lipinski definition) is 5. The maximum absolute atomic E-state index is 10.9. The van der Waals surface area contributed by atoms with Gasteiger partial charge in [0.25, 0.3) is 0 Å². The van der Waals surface area contributed by atoms with E-state index < -0.39 is 0 Å². The molecule has 4 rings (SSSR count). The SMILES string of the molecule is COc1cc(C)c2cc(O)cc(O)c2c1-c1c(OC)cc(I)c2cc(I)cc(O)c12. The van der Waals surface area contributed by atoms with Crippen molar-refractivity contribution in [1.29, 1.82) is 0 Å². The Morgan fingerprint density at radius 3 is 1.90 bits per heavy atom. The van der Waals surface area contributed by atoms with E-state index in [2.05, 4.69) is 45.2 Å². The molecule has 0 saturated heterocycles. The van der Waals surface area contributed by atoms with Gasteiger partial charge >= 0.3 is 0 Å². The molecule has 0 aromatic heterocycles. The molecular formula is C23H18I2O5. The molecule has 0 saturated carbocycles. The molecule has 0 atom stereocenters. The fourth-order valence-corrected chi connectivity index (χ4v) is 5.22. The van der Waals surface area contributed by atoms with E-state index in [9.17, 15) is 15.3 Å². The highest BCUT2D eigenvalue weighted by Gasteiger charge is 2.25. The van der Waals surface area contributed by atoms with Gasteiger partial charge in [-0.3, -0.25) is 0 Å². The number of phenolic OH excluding ortho intramolecular Hbond substituents is 3. The number of rotatable bonds is 3. The van der Waals surface area contributed by atoms with Gasteiger partial charge in [-0.05, 0) is 93.4 Å². The third-order valence-corrected chi connectivity index (χ3v) is 6.67. The first-order valence-electron chi connectivity index (χ1n) is 8.99. The molecule has 154 valence electrons. The second-order valence-corrected chi connectivity index (χ2v) is 9.35. The second-order valence-electron chi connectivity index (χ2n) is 6.94. The molecule has 0 heterocycles. The summed E-state index contributed by atoms with van der Waals surface area (Å²) in [5, 5.41) is 34.5. The molecule has 0 spiro atoms. The predicted molar refractivity (Wildman–Crippen MR) is 135 cm³/mol. The Labute approximate surface area is 200 Å². The fraction of sp³-hybridized carbons (Fsp3) is 0.130. The molecular weight excluding hydrogens is 610 g/mol. The topological polar surface area (TPSA) is 79.2 Å². The van der Waals surface area contributed by atoms with Gasteiger partial charge in [-0.2, -0.15) is 0 Å². The third-order valence-electron chi connectivity index (χ3n) is 5.15. The smallest absolute Gasteiger partial charge is 0.128 e. The van der Waals surface area contributed by atoms with Gasteiger partial charge in [-0.25, -0.2) is 0 Å².